The Kier molecular flexibility index (Phi) is 3.97. The van der Waals surface area contributed by atoms with Crippen LogP contribution in [0.15, 0.2) is 23.1 Å². The van der Waals surface area contributed by atoms with Crippen molar-refractivity contribution in [2.24, 2.45) is 0 Å². The van der Waals surface area contributed by atoms with Gasteiger partial charge >= 0.3 is 0 Å². The van der Waals surface area contributed by atoms with E-state index in [1.165, 1.54) is 11.6 Å². The minimum Gasteiger partial charge on any atom is -0.346 e. The maximum Gasteiger partial charge on any atom is 0.251 e. The number of aryl methyl sites for hydroxylation is 2. The predicted molar refractivity (Wildman–Crippen MR) is 86.1 cm³/mol. The largest absolute Gasteiger partial charge is 0.346 e. The number of hydrogen-bond donors (Lipinski definition) is 2. The van der Waals surface area contributed by atoms with Crippen molar-refractivity contribution in [3.05, 3.63) is 46.3 Å². The Balaban J connectivity index is 1.76. The number of carbonyl (C=O) groups excluding carboxylic acids is 1. The summed E-state index contributed by atoms with van der Waals surface area (Å²) in [5.74, 6) is -0.301. The van der Waals surface area contributed by atoms with Gasteiger partial charge in [0.25, 0.3) is 5.91 Å². The Morgan fingerprint density at radius 1 is 1.35 bits per heavy atom. The van der Waals surface area contributed by atoms with E-state index in [9.17, 15) is 13.2 Å². The van der Waals surface area contributed by atoms with E-state index in [0.29, 0.717) is 17.7 Å². The van der Waals surface area contributed by atoms with Gasteiger partial charge in [0.15, 0.2) is 9.84 Å². The maximum absolute atomic E-state index is 12.3. The number of hydrogen-bond acceptors (Lipinski definition) is 4. The molecule has 0 atom stereocenters. The Bertz CT molecular complexity index is 869. The van der Waals surface area contributed by atoms with Crippen molar-refractivity contribution in [2.45, 2.75) is 37.6 Å². The van der Waals surface area contributed by atoms with Gasteiger partial charge in [0.05, 0.1) is 17.1 Å². The van der Waals surface area contributed by atoms with Crippen LogP contribution < -0.4 is 5.32 Å². The number of fused-ring (bicyclic) bond motifs is 1. The molecule has 0 unspecified atom stereocenters. The van der Waals surface area contributed by atoms with Crippen molar-refractivity contribution in [2.75, 3.05) is 6.26 Å². The second kappa shape index (κ2) is 5.81. The highest BCUT2D eigenvalue weighted by atomic mass is 32.2. The van der Waals surface area contributed by atoms with Crippen LogP contribution in [0.3, 0.4) is 0 Å². The molecule has 2 N–H and O–H groups in total. The highest BCUT2D eigenvalue weighted by Crippen LogP contribution is 2.22. The molecular weight excluding hydrogens is 314 g/mol. The first kappa shape index (κ1) is 15.7. The molecule has 1 amide bonds. The summed E-state index contributed by atoms with van der Waals surface area (Å²) >= 11 is 0. The molecule has 2 aromatic rings. The molecule has 1 aromatic carbocycles. The third-order valence-electron chi connectivity index (χ3n) is 4.16. The average molecular weight is 333 g/mol. The molecule has 0 bridgehead atoms. The molecule has 0 radical (unpaired) electrons. The van der Waals surface area contributed by atoms with E-state index in [1.807, 2.05) is 0 Å². The molecule has 0 fully saturated rings. The number of aromatic nitrogens is 2. The number of H-pyrrole nitrogens is 1. The number of amides is 1. The highest BCUT2D eigenvalue weighted by molar-refractivity contribution is 7.90. The highest BCUT2D eigenvalue weighted by Gasteiger charge is 2.19. The van der Waals surface area contributed by atoms with Crippen molar-refractivity contribution in [1.29, 1.82) is 0 Å². The van der Waals surface area contributed by atoms with Crippen LogP contribution in [-0.2, 0) is 29.2 Å². The first-order valence-electron chi connectivity index (χ1n) is 7.50. The molecule has 122 valence electrons. The third kappa shape index (κ3) is 3.14. The quantitative estimate of drug-likeness (QED) is 0.888. The smallest absolute Gasteiger partial charge is 0.251 e. The van der Waals surface area contributed by atoms with E-state index in [1.54, 1.807) is 19.1 Å². The Labute approximate surface area is 135 Å². The zero-order valence-corrected chi connectivity index (χ0v) is 14.0. The zero-order valence-electron chi connectivity index (χ0n) is 13.1. The molecule has 0 spiro atoms. The van der Waals surface area contributed by atoms with Gasteiger partial charge in [-0.05, 0) is 49.4 Å². The van der Waals surface area contributed by atoms with Crippen LogP contribution >= 0.6 is 0 Å². The fraction of sp³-hybridized carbons (Fsp3) is 0.375. The van der Waals surface area contributed by atoms with Crippen LogP contribution in [0, 0.1) is 6.92 Å². The monoisotopic (exact) mass is 333 g/mol. The molecule has 1 heterocycles. The third-order valence-corrected chi connectivity index (χ3v) is 5.40. The summed E-state index contributed by atoms with van der Waals surface area (Å²) in [7, 11) is -3.35. The van der Waals surface area contributed by atoms with E-state index < -0.39 is 9.84 Å². The van der Waals surface area contributed by atoms with Crippen molar-refractivity contribution in [1.82, 2.24) is 15.5 Å². The first-order valence-corrected chi connectivity index (χ1v) is 9.39. The van der Waals surface area contributed by atoms with E-state index in [0.717, 1.165) is 36.9 Å². The standard InChI is InChI=1S/C16H19N3O3S/c1-10-6-7-11(8-15(10)23(2,21)22)16(20)17-9-14-12-4-3-5-13(12)18-19-14/h6-8H,3-5,9H2,1-2H3,(H,17,20)(H,18,19). The van der Waals surface area contributed by atoms with Crippen molar-refractivity contribution >= 4 is 15.7 Å². The van der Waals surface area contributed by atoms with E-state index in [-0.39, 0.29) is 10.8 Å². The lowest BCUT2D eigenvalue weighted by Crippen LogP contribution is -2.24. The molecule has 1 aliphatic carbocycles. The lowest BCUT2D eigenvalue weighted by molar-refractivity contribution is 0.0950. The van der Waals surface area contributed by atoms with Gasteiger partial charge < -0.3 is 5.32 Å². The number of carbonyl (C=O) groups is 1. The van der Waals surface area contributed by atoms with Gasteiger partial charge in [-0.25, -0.2) is 8.42 Å². The Hall–Kier alpha value is -2.15. The summed E-state index contributed by atoms with van der Waals surface area (Å²) in [5.41, 5.74) is 4.19. The summed E-state index contributed by atoms with van der Waals surface area (Å²) < 4.78 is 23.5. The van der Waals surface area contributed by atoms with Crippen molar-refractivity contribution < 1.29 is 13.2 Å². The summed E-state index contributed by atoms with van der Waals surface area (Å²) in [4.78, 5) is 12.5. The minimum atomic E-state index is -3.35. The van der Waals surface area contributed by atoms with Gasteiger partial charge in [-0.1, -0.05) is 6.07 Å². The topological polar surface area (TPSA) is 91.9 Å². The number of nitrogens with zero attached hydrogens (tertiary/aromatic N) is 1. The van der Waals surface area contributed by atoms with Crippen LogP contribution in [0.1, 0.15) is 39.3 Å². The van der Waals surface area contributed by atoms with Gasteiger partial charge in [0, 0.05) is 17.5 Å². The number of sulfone groups is 1. The van der Waals surface area contributed by atoms with Crippen LogP contribution in [0.2, 0.25) is 0 Å². The lowest BCUT2D eigenvalue weighted by atomic mass is 10.1. The van der Waals surface area contributed by atoms with Crippen LogP contribution in [0.5, 0.6) is 0 Å². The van der Waals surface area contributed by atoms with E-state index >= 15 is 0 Å². The number of benzene rings is 1. The average Bonchev–Trinajstić information content (AvgIpc) is 3.07. The second-order valence-corrected chi connectivity index (χ2v) is 7.90. The summed E-state index contributed by atoms with van der Waals surface area (Å²) in [6, 6.07) is 4.71. The first-order chi connectivity index (χ1) is 10.9. The fourth-order valence-corrected chi connectivity index (χ4v) is 3.94. The van der Waals surface area contributed by atoms with Gasteiger partial charge in [0.1, 0.15) is 0 Å². The minimum absolute atomic E-state index is 0.186. The molecule has 23 heavy (non-hydrogen) atoms. The Morgan fingerprint density at radius 2 is 2.13 bits per heavy atom. The van der Waals surface area contributed by atoms with Gasteiger partial charge in [-0.15, -0.1) is 0 Å². The molecule has 6 nitrogen and oxygen atoms in total. The van der Waals surface area contributed by atoms with E-state index in [2.05, 4.69) is 15.5 Å². The molecule has 0 saturated carbocycles. The van der Waals surface area contributed by atoms with Gasteiger partial charge in [-0.3, -0.25) is 9.89 Å². The molecule has 0 aliphatic heterocycles. The normalized spacial score (nSPS) is 13.8. The summed E-state index contributed by atoms with van der Waals surface area (Å²) in [6.45, 7) is 2.05. The van der Waals surface area contributed by atoms with Crippen molar-refractivity contribution in [3.8, 4) is 0 Å². The number of nitrogens with one attached hydrogen (secondary N) is 2. The van der Waals surface area contributed by atoms with Crippen LogP contribution in [0.25, 0.3) is 0 Å². The molecule has 1 aliphatic rings. The summed E-state index contributed by atoms with van der Waals surface area (Å²) in [5, 5.41) is 10.1. The lowest BCUT2D eigenvalue weighted by Gasteiger charge is -2.08. The molecular formula is C16H19N3O3S. The van der Waals surface area contributed by atoms with Crippen molar-refractivity contribution in [3.63, 3.8) is 0 Å². The van der Waals surface area contributed by atoms with Gasteiger partial charge in [0.2, 0.25) is 0 Å². The SMILES string of the molecule is Cc1ccc(C(=O)NCc2n[nH]c3c2CCC3)cc1S(C)(=O)=O. The zero-order chi connectivity index (χ0) is 16.6. The van der Waals surface area contributed by atoms with Crippen LogP contribution in [-0.4, -0.2) is 30.8 Å². The molecule has 3 rings (SSSR count). The van der Waals surface area contributed by atoms with E-state index in [4.69, 9.17) is 0 Å². The maximum atomic E-state index is 12.3. The Morgan fingerprint density at radius 3 is 2.87 bits per heavy atom. The molecule has 0 saturated heterocycles. The summed E-state index contributed by atoms with van der Waals surface area (Å²) in [6.07, 6.45) is 4.25. The number of aromatic amines is 1. The molecule has 1 aromatic heterocycles. The van der Waals surface area contributed by atoms with Gasteiger partial charge in [-0.2, -0.15) is 5.10 Å². The second-order valence-electron chi connectivity index (χ2n) is 5.92. The molecule has 7 heteroatoms. The predicted octanol–water partition coefficient (Wildman–Crippen LogP) is 1.54. The van der Waals surface area contributed by atoms with Crippen LogP contribution in [0.4, 0.5) is 0 Å². The fourth-order valence-electron chi connectivity index (χ4n) is 2.94. The number of rotatable bonds is 4.